The first-order valence-electron chi connectivity index (χ1n) is 5.59. The van der Waals surface area contributed by atoms with E-state index in [1.165, 1.54) is 0 Å². The molecule has 0 fully saturated rings. The van der Waals surface area contributed by atoms with Crippen molar-refractivity contribution in [1.29, 1.82) is 5.26 Å². The van der Waals surface area contributed by atoms with Crippen molar-refractivity contribution in [3.05, 3.63) is 34.9 Å². The van der Waals surface area contributed by atoms with Crippen molar-refractivity contribution < 1.29 is 13.9 Å². The van der Waals surface area contributed by atoms with E-state index in [9.17, 15) is 13.9 Å². The van der Waals surface area contributed by atoms with Crippen LogP contribution in [0.3, 0.4) is 0 Å². The highest BCUT2D eigenvalue weighted by Gasteiger charge is 2.24. The van der Waals surface area contributed by atoms with Crippen LogP contribution in [0, 0.1) is 23.0 Å². The maximum absolute atomic E-state index is 13.6. The molecule has 18 heavy (non-hydrogen) atoms. The topological polar surface area (TPSA) is 56.0 Å². The number of aliphatic hydroxyl groups excluding tert-OH is 1. The maximum atomic E-state index is 13.6. The van der Waals surface area contributed by atoms with Crippen LogP contribution in [0.25, 0.3) is 0 Å². The highest BCUT2D eigenvalue weighted by atomic mass is 19.1. The molecule has 1 rings (SSSR count). The van der Waals surface area contributed by atoms with E-state index >= 15 is 0 Å². The Morgan fingerprint density at radius 2 is 1.89 bits per heavy atom. The third-order valence-corrected chi connectivity index (χ3v) is 3.04. The molecule has 1 aromatic rings. The Balaban J connectivity index is 2.90. The first-order valence-corrected chi connectivity index (χ1v) is 5.59. The van der Waals surface area contributed by atoms with Crippen LogP contribution >= 0.6 is 0 Å². The lowest BCUT2D eigenvalue weighted by molar-refractivity contribution is 0.0952. The number of nitriles is 1. The fourth-order valence-corrected chi connectivity index (χ4v) is 1.30. The standard InChI is InChI=1S/C13H16F2N2O/c1-8(18)13(2,3)17-7-10-11(14)4-9(6-16)5-12(10)15/h4-5,8,17-18H,7H2,1-3H3. The number of nitrogens with zero attached hydrogens (tertiary/aromatic N) is 1. The Labute approximate surface area is 105 Å². The van der Waals surface area contributed by atoms with Crippen LogP contribution < -0.4 is 5.32 Å². The summed E-state index contributed by atoms with van der Waals surface area (Å²) in [4.78, 5) is 0. The number of benzene rings is 1. The molecule has 5 heteroatoms. The van der Waals surface area contributed by atoms with Crippen molar-refractivity contribution in [3.8, 4) is 6.07 Å². The van der Waals surface area contributed by atoms with Crippen LogP contribution in [0.15, 0.2) is 12.1 Å². The van der Waals surface area contributed by atoms with Gasteiger partial charge in [0, 0.05) is 17.6 Å². The summed E-state index contributed by atoms with van der Waals surface area (Å²) in [5, 5.41) is 20.9. The fraction of sp³-hybridized carbons (Fsp3) is 0.462. The number of nitrogens with one attached hydrogen (secondary N) is 1. The zero-order valence-electron chi connectivity index (χ0n) is 10.6. The average Bonchev–Trinajstić information content (AvgIpc) is 2.27. The van der Waals surface area contributed by atoms with Gasteiger partial charge >= 0.3 is 0 Å². The normalized spacial score (nSPS) is 13.2. The Kier molecular flexibility index (Phi) is 4.38. The van der Waals surface area contributed by atoms with Gasteiger partial charge in [-0.3, -0.25) is 0 Å². The first kappa shape index (κ1) is 14.6. The van der Waals surface area contributed by atoms with Crippen LogP contribution in [0.5, 0.6) is 0 Å². The van der Waals surface area contributed by atoms with E-state index in [2.05, 4.69) is 5.32 Å². The van der Waals surface area contributed by atoms with E-state index in [-0.39, 0.29) is 17.7 Å². The molecule has 98 valence electrons. The van der Waals surface area contributed by atoms with Gasteiger partial charge in [0.1, 0.15) is 11.6 Å². The predicted molar refractivity (Wildman–Crippen MR) is 63.7 cm³/mol. The lowest BCUT2D eigenvalue weighted by Gasteiger charge is -2.29. The average molecular weight is 254 g/mol. The lowest BCUT2D eigenvalue weighted by Crippen LogP contribution is -2.47. The van der Waals surface area contributed by atoms with Crippen LogP contribution in [0.4, 0.5) is 8.78 Å². The first-order chi connectivity index (χ1) is 8.27. The van der Waals surface area contributed by atoms with E-state index < -0.39 is 23.3 Å². The second kappa shape index (κ2) is 5.42. The predicted octanol–water partition coefficient (Wildman–Crippen LogP) is 2.09. The van der Waals surface area contributed by atoms with Gasteiger partial charge in [-0.25, -0.2) is 8.78 Å². The second-order valence-corrected chi connectivity index (χ2v) is 4.78. The van der Waals surface area contributed by atoms with Crippen molar-refractivity contribution in [2.24, 2.45) is 0 Å². The number of rotatable bonds is 4. The zero-order chi connectivity index (χ0) is 13.9. The quantitative estimate of drug-likeness (QED) is 0.865. The van der Waals surface area contributed by atoms with E-state index in [4.69, 9.17) is 5.26 Å². The summed E-state index contributed by atoms with van der Waals surface area (Å²) in [5.41, 5.74) is -0.849. The molecule has 1 aromatic carbocycles. The van der Waals surface area contributed by atoms with E-state index in [1.54, 1.807) is 26.8 Å². The third kappa shape index (κ3) is 3.25. The van der Waals surface area contributed by atoms with Crippen molar-refractivity contribution in [2.75, 3.05) is 0 Å². The van der Waals surface area contributed by atoms with Gasteiger partial charge < -0.3 is 10.4 Å². The molecular weight excluding hydrogens is 238 g/mol. The van der Waals surface area contributed by atoms with Crippen molar-refractivity contribution >= 4 is 0 Å². The van der Waals surface area contributed by atoms with Crippen molar-refractivity contribution in [2.45, 2.75) is 39.0 Å². The molecule has 3 nitrogen and oxygen atoms in total. The molecule has 1 atom stereocenters. The number of hydrogen-bond acceptors (Lipinski definition) is 3. The Hall–Kier alpha value is -1.51. The van der Waals surface area contributed by atoms with Gasteiger partial charge in [-0.1, -0.05) is 0 Å². The van der Waals surface area contributed by atoms with Gasteiger partial charge in [-0.05, 0) is 32.9 Å². The lowest BCUT2D eigenvalue weighted by atomic mass is 9.98. The Morgan fingerprint density at radius 1 is 1.39 bits per heavy atom. The van der Waals surface area contributed by atoms with Gasteiger partial charge in [-0.15, -0.1) is 0 Å². The van der Waals surface area contributed by atoms with E-state index in [1.807, 2.05) is 0 Å². The minimum absolute atomic E-state index is 0.0523. The molecule has 0 saturated carbocycles. The number of aliphatic hydroxyl groups is 1. The number of halogens is 2. The molecule has 2 N–H and O–H groups in total. The molecule has 0 saturated heterocycles. The Morgan fingerprint density at radius 3 is 2.28 bits per heavy atom. The minimum atomic E-state index is -0.763. The van der Waals surface area contributed by atoms with Crippen molar-refractivity contribution in [1.82, 2.24) is 5.32 Å². The van der Waals surface area contributed by atoms with Crippen molar-refractivity contribution in [3.63, 3.8) is 0 Å². The molecule has 0 aromatic heterocycles. The smallest absolute Gasteiger partial charge is 0.131 e. The SMILES string of the molecule is CC(O)C(C)(C)NCc1c(F)cc(C#N)cc1F. The van der Waals surface area contributed by atoms with Crippen LogP contribution in [-0.2, 0) is 6.54 Å². The largest absolute Gasteiger partial charge is 0.392 e. The van der Waals surface area contributed by atoms with Gasteiger partial charge in [0.05, 0.1) is 17.7 Å². The summed E-state index contributed by atoms with van der Waals surface area (Å²) in [6.45, 7) is 5.01. The summed E-state index contributed by atoms with van der Waals surface area (Å²) < 4.78 is 27.2. The summed E-state index contributed by atoms with van der Waals surface area (Å²) in [7, 11) is 0. The maximum Gasteiger partial charge on any atom is 0.131 e. The molecule has 0 aliphatic heterocycles. The molecule has 0 heterocycles. The third-order valence-electron chi connectivity index (χ3n) is 3.04. The Bertz CT molecular complexity index is 455. The number of hydrogen-bond donors (Lipinski definition) is 2. The molecule has 0 spiro atoms. The van der Waals surface area contributed by atoms with Crippen LogP contribution in [-0.4, -0.2) is 16.7 Å². The van der Waals surface area contributed by atoms with Crippen LogP contribution in [0.2, 0.25) is 0 Å². The van der Waals surface area contributed by atoms with Gasteiger partial charge in [-0.2, -0.15) is 5.26 Å². The van der Waals surface area contributed by atoms with Gasteiger partial charge in [0.15, 0.2) is 0 Å². The molecule has 0 aliphatic carbocycles. The van der Waals surface area contributed by atoms with E-state index in [0.29, 0.717) is 0 Å². The molecule has 0 radical (unpaired) electrons. The molecule has 1 unspecified atom stereocenters. The molecule has 0 bridgehead atoms. The molecular formula is C13H16F2N2O. The minimum Gasteiger partial charge on any atom is -0.392 e. The fourth-order valence-electron chi connectivity index (χ4n) is 1.30. The van der Waals surface area contributed by atoms with Gasteiger partial charge in [0.25, 0.3) is 0 Å². The summed E-state index contributed by atoms with van der Waals surface area (Å²) in [6, 6.07) is 3.68. The highest BCUT2D eigenvalue weighted by Crippen LogP contribution is 2.17. The summed E-state index contributed by atoms with van der Waals surface area (Å²) in [5.74, 6) is -1.53. The zero-order valence-corrected chi connectivity index (χ0v) is 10.6. The van der Waals surface area contributed by atoms with Crippen LogP contribution in [0.1, 0.15) is 31.9 Å². The second-order valence-electron chi connectivity index (χ2n) is 4.78. The molecule has 0 amide bonds. The summed E-state index contributed by atoms with van der Waals surface area (Å²) in [6.07, 6.45) is -0.665. The highest BCUT2D eigenvalue weighted by molar-refractivity contribution is 5.34. The van der Waals surface area contributed by atoms with Gasteiger partial charge in [0.2, 0.25) is 0 Å². The monoisotopic (exact) mass is 254 g/mol. The molecule has 0 aliphatic rings. The summed E-state index contributed by atoms with van der Waals surface area (Å²) >= 11 is 0. The van der Waals surface area contributed by atoms with E-state index in [0.717, 1.165) is 12.1 Å².